The number of aryl methyl sites for hydroxylation is 1. The van der Waals surface area contributed by atoms with Gasteiger partial charge in [0.05, 0.1) is 0 Å². The van der Waals surface area contributed by atoms with Crippen molar-refractivity contribution in [2.75, 3.05) is 6.61 Å². The molecule has 3 rings (SSSR count). The molecule has 4 heteroatoms. The third-order valence-electron chi connectivity index (χ3n) is 3.56. The number of hydrogen-bond donors (Lipinski definition) is 0. The first kappa shape index (κ1) is 16.8. The van der Waals surface area contributed by atoms with Gasteiger partial charge in [-0.1, -0.05) is 24.3 Å². The van der Waals surface area contributed by atoms with Crippen LogP contribution in [0.25, 0.3) is 0 Å². The lowest BCUT2D eigenvalue weighted by Gasteiger charge is -2.16. The van der Waals surface area contributed by atoms with Crippen LogP contribution in [0.15, 0.2) is 72.9 Å². The Morgan fingerprint density at radius 1 is 0.920 bits per heavy atom. The van der Waals surface area contributed by atoms with Crippen molar-refractivity contribution in [2.24, 2.45) is 0 Å². The van der Waals surface area contributed by atoms with Crippen LogP contribution in [-0.4, -0.2) is 17.7 Å². The van der Waals surface area contributed by atoms with Crippen molar-refractivity contribution in [2.45, 2.75) is 20.0 Å². The fraction of sp³-hybridized carbons (Fsp3) is 0.190. The van der Waals surface area contributed by atoms with Crippen molar-refractivity contribution in [3.05, 3.63) is 78.5 Å². The Hall–Kier alpha value is -3.01. The molecule has 0 saturated heterocycles. The number of pyridine rings is 1. The molecule has 1 aromatic heterocycles. The number of para-hydroxylation sites is 1. The number of aromatic nitrogens is 1. The topological polar surface area (TPSA) is 40.6 Å². The van der Waals surface area contributed by atoms with Gasteiger partial charge in [0.2, 0.25) is 5.88 Å². The summed E-state index contributed by atoms with van der Waals surface area (Å²) in [4.78, 5) is 4.15. The molecule has 1 atom stereocenters. The van der Waals surface area contributed by atoms with Crippen LogP contribution in [0.5, 0.6) is 23.1 Å². The highest BCUT2D eigenvalue weighted by atomic mass is 16.5. The molecule has 0 aliphatic heterocycles. The average Bonchev–Trinajstić information content (AvgIpc) is 2.63. The zero-order valence-corrected chi connectivity index (χ0v) is 14.4. The molecule has 0 aliphatic rings. The van der Waals surface area contributed by atoms with Gasteiger partial charge in [-0.05, 0) is 55.8 Å². The highest BCUT2D eigenvalue weighted by molar-refractivity contribution is 5.41. The van der Waals surface area contributed by atoms with Crippen LogP contribution >= 0.6 is 0 Å². The van der Waals surface area contributed by atoms with Crippen LogP contribution in [0.1, 0.15) is 12.5 Å². The Morgan fingerprint density at radius 2 is 1.72 bits per heavy atom. The molecule has 0 saturated carbocycles. The predicted octanol–water partition coefficient (Wildman–Crippen LogP) is 5.03. The van der Waals surface area contributed by atoms with Gasteiger partial charge in [0.1, 0.15) is 30.0 Å². The van der Waals surface area contributed by atoms with Crippen LogP contribution in [0.2, 0.25) is 0 Å². The molecule has 1 heterocycles. The van der Waals surface area contributed by atoms with Gasteiger partial charge in [-0.3, -0.25) is 0 Å². The summed E-state index contributed by atoms with van der Waals surface area (Å²) in [7, 11) is 0. The second kappa shape index (κ2) is 8.20. The van der Waals surface area contributed by atoms with Crippen LogP contribution in [-0.2, 0) is 0 Å². The van der Waals surface area contributed by atoms with Crippen LogP contribution in [0.3, 0.4) is 0 Å². The number of hydrogen-bond acceptors (Lipinski definition) is 4. The molecular formula is C21H21NO3. The lowest BCUT2D eigenvalue weighted by Crippen LogP contribution is -2.21. The van der Waals surface area contributed by atoms with E-state index in [9.17, 15) is 0 Å². The lowest BCUT2D eigenvalue weighted by atomic mass is 10.2. The Labute approximate surface area is 148 Å². The molecule has 128 valence electrons. The standard InChI is InChI=1S/C21H21NO3/c1-16-14-19(25-18-8-4-3-5-9-18)11-12-20(16)23-15-17(2)24-21-10-6-7-13-22-21/h3-14,17H,15H2,1-2H3. The SMILES string of the molecule is Cc1cc(Oc2ccccc2)ccc1OCC(C)Oc1ccccn1. The molecule has 3 aromatic rings. The molecule has 0 N–H and O–H groups in total. The second-order valence-corrected chi connectivity index (χ2v) is 5.75. The van der Waals surface area contributed by atoms with Gasteiger partial charge < -0.3 is 14.2 Å². The number of rotatable bonds is 7. The van der Waals surface area contributed by atoms with E-state index in [-0.39, 0.29) is 6.10 Å². The first-order valence-electron chi connectivity index (χ1n) is 8.25. The summed E-state index contributed by atoms with van der Waals surface area (Å²) in [6.45, 7) is 4.39. The van der Waals surface area contributed by atoms with E-state index in [4.69, 9.17) is 14.2 Å². The zero-order valence-electron chi connectivity index (χ0n) is 14.4. The summed E-state index contributed by atoms with van der Waals surface area (Å²) in [6.07, 6.45) is 1.60. The van der Waals surface area contributed by atoms with E-state index in [2.05, 4.69) is 4.98 Å². The molecule has 0 amide bonds. The van der Waals surface area contributed by atoms with Crippen LogP contribution in [0, 0.1) is 6.92 Å². The minimum Gasteiger partial charge on any atom is -0.489 e. The fourth-order valence-corrected chi connectivity index (χ4v) is 2.34. The molecule has 4 nitrogen and oxygen atoms in total. The van der Waals surface area contributed by atoms with E-state index in [0.29, 0.717) is 12.5 Å². The molecule has 0 aliphatic carbocycles. The lowest BCUT2D eigenvalue weighted by molar-refractivity contribution is 0.137. The van der Waals surface area contributed by atoms with E-state index >= 15 is 0 Å². The van der Waals surface area contributed by atoms with Crippen molar-refractivity contribution in [3.63, 3.8) is 0 Å². The maximum absolute atomic E-state index is 5.87. The Balaban J connectivity index is 1.56. The zero-order chi connectivity index (χ0) is 17.5. The molecular weight excluding hydrogens is 314 g/mol. The third-order valence-corrected chi connectivity index (χ3v) is 3.56. The Bertz CT molecular complexity index is 791. The molecule has 0 bridgehead atoms. The summed E-state index contributed by atoms with van der Waals surface area (Å²) >= 11 is 0. The van der Waals surface area contributed by atoms with Gasteiger partial charge >= 0.3 is 0 Å². The van der Waals surface area contributed by atoms with E-state index in [1.54, 1.807) is 6.20 Å². The van der Waals surface area contributed by atoms with Gasteiger partial charge in [-0.15, -0.1) is 0 Å². The summed E-state index contributed by atoms with van der Waals surface area (Å²) in [5.74, 6) is 3.01. The number of ether oxygens (including phenoxy) is 3. The normalized spacial score (nSPS) is 11.6. The highest BCUT2D eigenvalue weighted by Crippen LogP contribution is 2.27. The van der Waals surface area contributed by atoms with Gasteiger partial charge in [0, 0.05) is 12.3 Å². The number of nitrogens with zero attached hydrogens (tertiary/aromatic N) is 1. The minimum absolute atomic E-state index is 0.102. The quantitative estimate of drug-likeness (QED) is 0.607. The molecule has 2 aromatic carbocycles. The van der Waals surface area contributed by atoms with E-state index in [1.165, 1.54) is 0 Å². The monoisotopic (exact) mass is 335 g/mol. The maximum Gasteiger partial charge on any atom is 0.213 e. The molecule has 0 radical (unpaired) electrons. The van der Waals surface area contributed by atoms with Crippen LogP contribution in [0.4, 0.5) is 0 Å². The largest absolute Gasteiger partial charge is 0.489 e. The molecule has 0 fully saturated rings. The van der Waals surface area contributed by atoms with Crippen LogP contribution < -0.4 is 14.2 Å². The Morgan fingerprint density at radius 3 is 2.44 bits per heavy atom. The minimum atomic E-state index is -0.102. The van der Waals surface area contributed by atoms with Crippen molar-refractivity contribution >= 4 is 0 Å². The van der Waals surface area contributed by atoms with E-state index in [0.717, 1.165) is 22.8 Å². The predicted molar refractivity (Wildman–Crippen MR) is 97.5 cm³/mol. The molecule has 0 spiro atoms. The first-order valence-corrected chi connectivity index (χ1v) is 8.25. The van der Waals surface area contributed by atoms with E-state index < -0.39 is 0 Å². The first-order chi connectivity index (χ1) is 12.2. The van der Waals surface area contributed by atoms with Crippen molar-refractivity contribution in [1.29, 1.82) is 0 Å². The number of benzene rings is 2. The van der Waals surface area contributed by atoms with Crippen molar-refractivity contribution in [3.8, 4) is 23.1 Å². The summed E-state index contributed by atoms with van der Waals surface area (Å²) in [5, 5.41) is 0. The molecule has 25 heavy (non-hydrogen) atoms. The van der Waals surface area contributed by atoms with Gasteiger partial charge in [-0.2, -0.15) is 0 Å². The Kier molecular flexibility index (Phi) is 5.52. The van der Waals surface area contributed by atoms with Gasteiger partial charge in [0.15, 0.2) is 0 Å². The van der Waals surface area contributed by atoms with Crippen molar-refractivity contribution in [1.82, 2.24) is 4.98 Å². The van der Waals surface area contributed by atoms with Gasteiger partial charge in [0.25, 0.3) is 0 Å². The maximum atomic E-state index is 5.87. The smallest absolute Gasteiger partial charge is 0.213 e. The third kappa shape index (κ3) is 4.98. The summed E-state index contributed by atoms with van der Waals surface area (Å²) in [5.41, 5.74) is 1.01. The van der Waals surface area contributed by atoms with Crippen molar-refractivity contribution < 1.29 is 14.2 Å². The summed E-state index contributed by atoms with van der Waals surface area (Å²) < 4.78 is 17.4. The molecule has 1 unspecified atom stereocenters. The second-order valence-electron chi connectivity index (χ2n) is 5.75. The average molecular weight is 335 g/mol. The fourth-order valence-electron chi connectivity index (χ4n) is 2.34. The van der Waals surface area contributed by atoms with Gasteiger partial charge in [-0.25, -0.2) is 4.98 Å². The highest BCUT2D eigenvalue weighted by Gasteiger charge is 2.08. The summed E-state index contributed by atoms with van der Waals surface area (Å²) in [6, 6.07) is 21.1. The van der Waals surface area contributed by atoms with E-state index in [1.807, 2.05) is 80.6 Å².